The lowest BCUT2D eigenvalue weighted by Gasteiger charge is -2.10. The molecule has 2 aromatic carbocycles. The molecule has 0 unspecified atom stereocenters. The number of rotatable bonds is 7. The minimum Gasteiger partial charge on any atom is -0.494 e. The number of anilines is 2. The average Bonchev–Trinajstić information content (AvgIpc) is 2.64. The van der Waals surface area contributed by atoms with E-state index >= 15 is 0 Å². The van der Waals surface area contributed by atoms with Crippen LogP contribution in [0.5, 0.6) is 5.75 Å². The zero-order chi connectivity index (χ0) is 19.0. The van der Waals surface area contributed by atoms with E-state index in [1.165, 1.54) is 30.5 Å². The highest BCUT2D eigenvalue weighted by Crippen LogP contribution is 2.20. The minimum atomic E-state index is -3.73. The van der Waals surface area contributed by atoms with Crippen LogP contribution in [0.15, 0.2) is 65.2 Å². The molecule has 0 aromatic heterocycles. The Labute approximate surface area is 152 Å². The molecule has 0 spiro atoms. The summed E-state index contributed by atoms with van der Waals surface area (Å²) in [5, 5.41) is 20.1. The zero-order valence-electron chi connectivity index (χ0n) is 13.9. The van der Waals surface area contributed by atoms with Crippen LogP contribution < -0.4 is 14.8 Å². The Bertz CT molecular complexity index is 951. The molecule has 8 heteroatoms. The van der Waals surface area contributed by atoms with Gasteiger partial charge in [0.15, 0.2) is 0 Å². The fraction of sp³-hybridized carbons (Fsp3) is 0.111. The van der Waals surface area contributed by atoms with Gasteiger partial charge < -0.3 is 10.1 Å². The first kappa shape index (κ1) is 18.8. The lowest BCUT2D eigenvalue weighted by atomic mass is 10.3. The molecule has 26 heavy (non-hydrogen) atoms. The molecule has 2 N–H and O–H groups in total. The van der Waals surface area contributed by atoms with Crippen LogP contribution in [-0.4, -0.2) is 15.0 Å². The number of allylic oxidation sites excluding steroid dienone is 1. The van der Waals surface area contributed by atoms with Gasteiger partial charge in [-0.25, -0.2) is 8.42 Å². The molecule has 0 aliphatic rings. The van der Waals surface area contributed by atoms with Gasteiger partial charge >= 0.3 is 0 Å². The van der Waals surface area contributed by atoms with Gasteiger partial charge in [-0.15, -0.1) is 0 Å². The van der Waals surface area contributed by atoms with E-state index in [0.29, 0.717) is 23.7 Å². The molecule has 0 bridgehead atoms. The van der Waals surface area contributed by atoms with Crippen LogP contribution >= 0.6 is 0 Å². The molecule has 2 aromatic rings. The minimum absolute atomic E-state index is 0.0844. The van der Waals surface area contributed by atoms with Crippen molar-refractivity contribution in [3.8, 4) is 17.9 Å². The smallest absolute Gasteiger partial charge is 0.261 e. The average molecular weight is 368 g/mol. The Hall–Kier alpha value is -3.49. The monoisotopic (exact) mass is 368 g/mol. The highest BCUT2D eigenvalue weighted by atomic mass is 32.2. The second-order valence-electron chi connectivity index (χ2n) is 5.01. The molecule has 132 valence electrons. The number of hydrogen-bond acceptors (Lipinski definition) is 6. The van der Waals surface area contributed by atoms with E-state index in [4.69, 9.17) is 15.3 Å². The molecule has 0 aliphatic heterocycles. The Kier molecular flexibility index (Phi) is 6.20. The van der Waals surface area contributed by atoms with Crippen LogP contribution in [0.1, 0.15) is 6.92 Å². The predicted molar refractivity (Wildman–Crippen MR) is 97.8 cm³/mol. The largest absolute Gasteiger partial charge is 0.494 e. The summed E-state index contributed by atoms with van der Waals surface area (Å²) in [7, 11) is -3.73. The van der Waals surface area contributed by atoms with Crippen molar-refractivity contribution in [2.75, 3.05) is 16.6 Å². The van der Waals surface area contributed by atoms with Gasteiger partial charge in [-0.05, 0) is 55.5 Å². The van der Waals surface area contributed by atoms with E-state index in [-0.39, 0.29) is 10.5 Å². The molecule has 0 amide bonds. The molecule has 0 fully saturated rings. The van der Waals surface area contributed by atoms with Crippen molar-refractivity contribution in [1.82, 2.24) is 0 Å². The molecule has 0 atom stereocenters. The van der Waals surface area contributed by atoms with Gasteiger partial charge in [-0.1, -0.05) is 0 Å². The predicted octanol–water partition coefficient (Wildman–Crippen LogP) is 3.23. The van der Waals surface area contributed by atoms with Crippen molar-refractivity contribution < 1.29 is 13.2 Å². The second-order valence-corrected chi connectivity index (χ2v) is 6.70. The fourth-order valence-electron chi connectivity index (χ4n) is 1.98. The number of nitriles is 2. The SMILES string of the molecule is CCOc1ccc(NS(=O)(=O)c2ccc(NC=C(C#N)C#N)cc2)cc1. The molecular weight excluding hydrogens is 352 g/mol. The van der Waals surface area contributed by atoms with Crippen LogP contribution in [0, 0.1) is 22.7 Å². The van der Waals surface area contributed by atoms with Crippen LogP contribution in [0.25, 0.3) is 0 Å². The Morgan fingerprint density at radius 1 is 1.04 bits per heavy atom. The topological polar surface area (TPSA) is 115 Å². The standard InChI is InChI=1S/C18H16N4O3S/c1-2-25-17-7-3-16(4-8-17)22-26(23,24)18-9-5-15(6-10-18)21-13-14(11-19)12-20/h3-10,13,21-22H,2H2,1H3. The summed E-state index contributed by atoms with van der Waals surface area (Å²) in [6, 6.07) is 16.0. The van der Waals surface area contributed by atoms with E-state index in [1.54, 1.807) is 36.4 Å². The fourth-order valence-corrected chi connectivity index (χ4v) is 3.03. The van der Waals surface area contributed by atoms with Crippen LogP contribution in [0.3, 0.4) is 0 Å². The van der Waals surface area contributed by atoms with Crippen molar-refractivity contribution in [1.29, 1.82) is 10.5 Å². The number of sulfonamides is 1. The third kappa shape index (κ3) is 5.00. The van der Waals surface area contributed by atoms with Gasteiger partial charge in [-0.3, -0.25) is 4.72 Å². The van der Waals surface area contributed by atoms with Gasteiger partial charge in [0.1, 0.15) is 23.5 Å². The molecule has 0 aliphatic carbocycles. The first-order valence-corrected chi connectivity index (χ1v) is 9.09. The van der Waals surface area contributed by atoms with E-state index in [9.17, 15) is 8.42 Å². The van der Waals surface area contributed by atoms with E-state index in [2.05, 4.69) is 10.0 Å². The van der Waals surface area contributed by atoms with Crippen molar-refractivity contribution in [2.24, 2.45) is 0 Å². The molecule has 2 rings (SSSR count). The quantitative estimate of drug-likeness (QED) is 0.725. The van der Waals surface area contributed by atoms with Gasteiger partial charge in [0, 0.05) is 17.6 Å². The summed E-state index contributed by atoms with van der Waals surface area (Å²) in [4.78, 5) is 0.0849. The van der Waals surface area contributed by atoms with Crippen LogP contribution in [0.2, 0.25) is 0 Å². The van der Waals surface area contributed by atoms with E-state index < -0.39 is 10.0 Å². The third-order valence-electron chi connectivity index (χ3n) is 3.21. The lowest BCUT2D eigenvalue weighted by molar-refractivity contribution is 0.340. The molecule has 0 radical (unpaired) electrons. The van der Waals surface area contributed by atoms with Gasteiger partial charge in [0.05, 0.1) is 11.5 Å². The number of benzene rings is 2. The Morgan fingerprint density at radius 3 is 2.15 bits per heavy atom. The van der Waals surface area contributed by atoms with E-state index in [1.807, 2.05) is 6.92 Å². The molecule has 0 heterocycles. The molecule has 0 saturated carbocycles. The number of hydrogen-bond donors (Lipinski definition) is 2. The van der Waals surface area contributed by atoms with Gasteiger partial charge in [-0.2, -0.15) is 10.5 Å². The highest BCUT2D eigenvalue weighted by Gasteiger charge is 2.14. The first-order chi connectivity index (χ1) is 12.5. The summed E-state index contributed by atoms with van der Waals surface area (Å²) in [5.74, 6) is 0.660. The van der Waals surface area contributed by atoms with Gasteiger partial charge in [0.2, 0.25) is 0 Å². The lowest BCUT2D eigenvalue weighted by Crippen LogP contribution is -2.12. The van der Waals surface area contributed by atoms with Crippen molar-refractivity contribution >= 4 is 21.4 Å². The number of ether oxygens (including phenoxy) is 1. The summed E-state index contributed by atoms with van der Waals surface area (Å²) in [6.07, 6.45) is 1.25. The molecule has 7 nitrogen and oxygen atoms in total. The summed E-state index contributed by atoms with van der Waals surface area (Å²) < 4.78 is 32.6. The highest BCUT2D eigenvalue weighted by molar-refractivity contribution is 7.92. The molecule has 0 saturated heterocycles. The van der Waals surface area contributed by atoms with E-state index in [0.717, 1.165) is 0 Å². The zero-order valence-corrected chi connectivity index (χ0v) is 14.7. The van der Waals surface area contributed by atoms with Crippen molar-refractivity contribution in [3.05, 3.63) is 60.3 Å². The normalized spacial score (nSPS) is 10.1. The van der Waals surface area contributed by atoms with Crippen molar-refractivity contribution in [3.63, 3.8) is 0 Å². The van der Waals surface area contributed by atoms with Crippen LogP contribution in [0.4, 0.5) is 11.4 Å². The Balaban J connectivity index is 2.10. The molecular formula is C18H16N4O3S. The Morgan fingerprint density at radius 2 is 1.62 bits per heavy atom. The first-order valence-electron chi connectivity index (χ1n) is 7.61. The summed E-state index contributed by atoms with van der Waals surface area (Å²) in [6.45, 7) is 2.40. The maximum absolute atomic E-state index is 12.4. The van der Waals surface area contributed by atoms with Crippen molar-refractivity contribution in [2.45, 2.75) is 11.8 Å². The maximum Gasteiger partial charge on any atom is 0.261 e. The third-order valence-corrected chi connectivity index (χ3v) is 4.60. The maximum atomic E-state index is 12.4. The number of nitrogens with one attached hydrogen (secondary N) is 2. The van der Waals surface area contributed by atoms with Crippen LogP contribution in [-0.2, 0) is 10.0 Å². The summed E-state index contributed by atoms with van der Waals surface area (Å²) in [5.41, 5.74) is 0.887. The second kappa shape index (κ2) is 8.56. The number of nitrogens with zero attached hydrogens (tertiary/aromatic N) is 2. The van der Waals surface area contributed by atoms with Gasteiger partial charge in [0.25, 0.3) is 10.0 Å². The summed E-state index contributed by atoms with van der Waals surface area (Å²) >= 11 is 0.